The average molecular weight is 309 g/mol. The molecule has 1 aliphatic carbocycles. The molecule has 0 aromatic heterocycles. The maximum Gasteiger partial charge on any atom is 0.223 e. The predicted molar refractivity (Wildman–Crippen MR) is 82.2 cm³/mol. The summed E-state index contributed by atoms with van der Waals surface area (Å²) in [5, 5.41) is 7.21. The second kappa shape index (κ2) is 6.77. The third-order valence-electron chi connectivity index (χ3n) is 4.38. The number of carbonyl (C=O) groups excluding carboxylic acids is 1. The fourth-order valence-corrected chi connectivity index (χ4v) is 3.31. The van der Waals surface area contributed by atoms with Gasteiger partial charge in [0.15, 0.2) is 0 Å². The van der Waals surface area contributed by atoms with Crippen LogP contribution in [0.2, 0.25) is 5.02 Å². The third-order valence-corrected chi connectivity index (χ3v) is 4.63. The smallest absolute Gasteiger partial charge is 0.223 e. The van der Waals surface area contributed by atoms with Gasteiger partial charge in [-0.2, -0.15) is 0 Å². The quantitative estimate of drug-likeness (QED) is 0.899. The summed E-state index contributed by atoms with van der Waals surface area (Å²) in [7, 11) is 0. The van der Waals surface area contributed by atoms with E-state index in [4.69, 9.17) is 16.3 Å². The molecule has 1 aromatic rings. The molecule has 4 nitrogen and oxygen atoms in total. The van der Waals surface area contributed by atoms with Crippen LogP contribution in [-0.2, 0) is 16.1 Å². The first-order chi connectivity index (χ1) is 10.2. The first-order valence-corrected chi connectivity index (χ1v) is 7.97. The fourth-order valence-electron chi connectivity index (χ4n) is 3.19. The van der Waals surface area contributed by atoms with E-state index in [9.17, 15) is 4.79 Å². The van der Waals surface area contributed by atoms with Gasteiger partial charge in [-0.3, -0.25) is 4.79 Å². The van der Waals surface area contributed by atoms with Crippen molar-refractivity contribution in [2.75, 3.05) is 13.2 Å². The van der Waals surface area contributed by atoms with Crippen LogP contribution in [0, 0.1) is 5.92 Å². The van der Waals surface area contributed by atoms with Gasteiger partial charge in [-0.1, -0.05) is 23.7 Å². The lowest BCUT2D eigenvalue weighted by Crippen LogP contribution is -2.53. The van der Waals surface area contributed by atoms with Crippen LogP contribution in [0.25, 0.3) is 0 Å². The predicted octanol–water partition coefficient (Wildman–Crippen LogP) is 2.11. The Balaban J connectivity index is 1.50. The van der Waals surface area contributed by atoms with Gasteiger partial charge in [-0.15, -0.1) is 0 Å². The van der Waals surface area contributed by atoms with E-state index in [-0.39, 0.29) is 11.8 Å². The summed E-state index contributed by atoms with van der Waals surface area (Å²) in [5.41, 5.74) is 1.07. The van der Waals surface area contributed by atoms with Crippen molar-refractivity contribution in [1.82, 2.24) is 10.6 Å². The Morgan fingerprint density at radius 2 is 2.14 bits per heavy atom. The minimum absolute atomic E-state index is 0.0905. The lowest BCUT2D eigenvalue weighted by molar-refractivity contribution is -0.128. The highest BCUT2D eigenvalue weighted by molar-refractivity contribution is 6.30. The van der Waals surface area contributed by atoms with Crippen LogP contribution in [0.3, 0.4) is 0 Å². The van der Waals surface area contributed by atoms with Gasteiger partial charge in [-0.05, 0) is 37.0 Å². The van der Waals surface area contributed by atoms with E-state index in [0.717, 1.165) is 38.0 Å². The number of ether oxygens (including phenoxy) is 1. The van der Waals surface area contributed by atoms with Crippen LogP contribution < -0.4 is 10.6 Å². The SMILES string of the molecule is O=C(NCc1ccc(Cl)cc1)[C@H]1CC[C@H]2OCCN[C@@H]2C1. The van der Waals surface area contributed by atoms with E-state index in [0.29, 0.717) is 23.7 Å². The molecule has 0 unspecified atom stereocenters. The standard InChI is InChI=1S/C16H21ClN2O2/c17-13-4-1-11(2-5-13)10-19-16(20)12-3-6-15-14(9-12)18-7-8-21-15/h1-2,4-5,12,14-15,18H,3,6-10H2,(H,19,20)/t12-,14+,15+/m0/s1. The molecule has 1 heterocycles. The molecular weight excluding hydrogens is 288 g/mol. The molecule has 2 fully saturated rings. The van der Waals surface area contributed by atoms with Gasteiger partial charge in [0, 0.05) is 30.1 Å². The Kier molecular flexibility index (Phi) is 4.78. The molecule has 1 saturated carbocycles. The maximum absolute atomic E-state index is 12.3. The van der Waals surface area contributed by atoms with Crippen molar-refractivity contribution >= 4 is 17.5 Å². The molecule has 1 saturated heterocycles. The lowest BCUT2D eigenvalue weighted by Gasteiger charge is -2.39. The number of benzene rings is 1. The van der Waals surface area contributed by atoms with Crippen LogP contribution >= 0.6 is 11.6 Å². The van der Waals surface area contributed by atoms with Gasteiger partial charge in [0.05, 0.1) is 12.7 Å². The molecule has 21 heavy (non-hydrogen) atoms. The number of fused-ring (bicyclic) bond motifs is 1. The summed E-state index contributed by atoms with van der Waals surface area (Å²) >= 11 is 5.85. The summed E-state index contributed by atoms with van der Waals surface area (Å²) in [6.45, 7) is 2.24. The molecule has 5 heteroatoms. The fraction of sp³-hybridized carbons (Fsp3) is 0.562. The summed E-state index contributed by atoms with van der Waals surface area (Å²) in [4.78, 5) is 12.3. The van der Waals surface area contributed by atoms with E-state index in [1.54, 1.807) is 0 Å². The van der Waals surface area contributed by atoms with Crippen LogP contribution in [0.1, 0.15) is 24.8 Å². The van der Waals surface area contributed by atoms with E-state index < -0.39 is 0 Å². The minimum atomic E-state index is 0.0905. The Bertz CT molecular complexity index is 492. The van der Waals surface area contributed by atoms with E-state index in [1.165, 1.54) is 0 Å². The highest BCUT2D eigenvalue weighted by Gasteiger charge is 2.35. The number of amides is 1. The van der Waals surface area contributed by atoms with Crippen molar-refractivity contribution in [3.8, 4) is 0 Å². The molecule has 3 atom stereocenters. The van der Waals surface area contributed by atoms with Crippen LogP contribution in [0.4, 0.5) is 0 Å². The van der Waals surface area contributed by atoms with E-state index in [1.807, 2.05) is 24.3 Å². The molecule has 2 N–H and O–H groups in total. The Morgan fingerprint density at radius 1 is 1.33 bits per heavy atom. The molecule has 0 spiro atoms. The second-order valence-electron chi connectivity index (χ2n) is 5.82. The molecule has 1 aromatic carbocycles. The monoisotopic (exact) mass is 308 g/mol. The zero-order valence-electron chi connectivity index (χ0n) is 12.0. The number of halogens is 1. The molecule has 1 amide bonds. The molecule has 1 aliphatic heterocycles. The van der Waals surface area contributed by atoms with Gasteiger partial charge < -0.3 is 15.4 Å². The van der Waals surface area contributed by atoms with E-state index >= 15 is 0 Å². The summed E-state index contributed by atoms with van der Waals surface area (Å²) in [6.07, 6.45) is 3.04. The van der Waals surface area contributed by atoms with Crippen LogP contribution in [-0.4, -0.2) is 31.2 Å². The minimum Gasteiger partial charge on any atom is -0.375 e. The summed E-state index contributed by atoms with van der Waals surface area (Å²) < 4.78 is 5.74. The average Bonchev–Trinajstić information content (AvgIpc) is 2.53. The van der Waals surface area contributed by atoms with Crippen molar-refractivity contribution < 1.29 is 9.53 Å². The summed E-state index contributed by atoms with van der Waals surface area (Å²) in [6, 6.07) is 7.90. The Labute approximate surface area is 130 Å². The van der Waals surface area contributed by atoms with Gasteiger partial charge in [0.1, 0.15) is 0 Å². The molecule has 3 rings (SSSR count). The van der Waals surface area contributed by atoms with Gasteiger partial charge in [-0.25, -0.2) is 0 Å². The lowest BCUT2D eigenvalue weighted by atomic mass is 9.82. The number of hydrogen-bond donors (Lipinski definition) is 2. The van der Waals surface area contributed by atoms with Gasteiger partial charge >= 0.3 is 0 Å². The molecule has 114 valence electrons. The number of hydrogen-bond acceptors (Lipinski definition) is 3. The van der Waals surface area contributed by atoms with Crippen molar-refractivity contribution in [1.29, 1.82) is 0 Å². The van der Waals surface area contributed by atoms with Gasteiger partial charge in [0.2, 0.25) is 5.91 Å². The van der Waals surface area contributed by atoms with Crippen molar-refractivity contribution in [2.24, 2.45) is 5.92 Å². The second-order valence-corrected chi connectivity index (χ2v) is 6.26. The first-order valence-electron chi connectivity index (χ1n) is 7.59. The zero-order chi connectivity index (χ0) is 14.7. The zero-order valence-corrected chi connectivity index (χ0v) is 12.7. The van der Waals surface area contributed by atoms with Crippen LogP contribution in [0.5, 0.6) is 0 Å². The number of rotatable bonds is 3. The molecule has 0 bridgehead atoms. The highest BCUT2D eigenvalue weighted by atomic mass is 35.5. The number of nitrogens with one attached hydrogen (secondary N) is 2. The highest BCUT2D eigenvalue weighted by Crippen LogP contribution is 2.28. The molecule has 2 aliphatic rings. The normalized spacial score (nSPS) is 28.7. The van der Waals surface area contributed by atoms with Gasteiger partial charge in [0.25, 0.3) is 0 Å². The summed E-state index contributed by atoms with van der Waals surface area (Å²) in [5.74, 6) is 0.239. The topological polar surface area (TPSA) is 50.4 Å². The molecular formula is C16H21ClN2O2. The van der Waals surface area contributed by atoms with Crippen molar-refractivity contribution in [3.63, 3.8) is 0 Å². The van der Waals surface area contributed by atoms with Crippen molar-refractivity contribution in [3.05, 3.63) is 34.9 Å². The number of morpholine rings is 1. The largest absolute Gasteiger partial charge is 0.375 e. The molecule has 0 radical (unpaired) electrons. The van der Waals surface area contributed by atoms with E-state index in [2.05, 4.69) is 10.6 Å². The Hall–Kier alpha value is -1.10. The van der Waals surface area contributed by atoms with Crippen molar-refractivity contribution in [2.45, 2.75) is 38.0 Å². The number of carbonyl (C=O) groups is 1. The maximum atomic E-state index is 12.3. The van der Waals surface area contributed by atoms with Crippen LogP contribution in [0.15, 0.2) is 24.3 Å². The third kappa shape index (κ3) is 3.76. The Morgan fingerprint density at radius 3 is 2.95 bits per heavy atom. The first kappa shape index (κ1) is 14.8.